The second-order valence-electron chi connectivity index (χ2n) is 21.5. The summed E-state index contributed by atoms with van der Waals surface area (Å²) in [6, 6.07) is 25.5. The first-order valence-electron chi connectivity index (χ1n) is 31.7. The first kappa shape index (κ1) is 66.9. The lowest BCUT2D eigenvalue weighted by Crippen LogP contribution is -2.04. The van der Waals surface area contributed by atoms with Gasteiger partial charge in [-0.25, -0.2) is 0 Å². The number of rotatable bonds is 46. The van der Waals surface area contributed by atoms with Crippen LogP contribution in [0.3, 0.4) is 0 Å². The third-order valence-corrected chi connectivity index (χ3v) is 18.9. The molecule has 12 heteroatoms. The van der Waals surface area contributed by atoms with Crippen molar-refractivity contribution in [2.24, 2.45) is 0 Å². The number of unbranched alkanes of at least 4 members (excludes halogenated alkanes) is 20. The van der Waals surface area contributed by atoms with E-state index in [-0.39, 0.29) is 38.8 Å². The third kappa shape index (κ3) is 22.0. The van der Waals surface area contributed by atoms with E-state index in [0.29, 0.717) is 26.4 Å². The highest BCUT2D eigenvalue weighted by atomic mass is 31.2. The van der Waals surface area contributed by atoms with Crippen LogP contribution in [0.25, 0.3) is 43.8 Å². The zero-order valence-electron chi connectivity index (χ0n) is 50.9. The van der Waals surface area contributed by atoms with Gasteiger partial charge in [0.2, 0.25) is 0 Å². The molecule has 0 atom stereocenters. The van der Waals surface area contributed by atoms with E-state index < -0.39 is 15.2 Å². The fourth-order valence-corrected chi connectivity index (χ4v) is 14.1. The van der Waals surface area contributed by atoms with Gasteiger partial charge in [0, 0.05) is 0 Å². The van der Waals surface area contributed by atoms with E-state index >= 15 is 0 Å². The second kappa shape index (κ2) is 38.1. The van der Waals surface area contributed by atoms with Gasteiger partial charge in [-0.2, -0.15) is 0 Å². The average Bonchev–Trinajstić information content (AvgIpc) is 3.62. The van der Waals surface area contributed by atoms with E-state index in [0.717, 1.165) is 129 Å². The summed E-state index contributed by atoms with van der Waals surface area (Å²) in [4.78, 5) is 0. The molecule has 0 aliphatic carbocycles. The van der Waals surface area contributed by atoms with E-state index in [4.69, 9.17) is 37.0 Å². The highest BCUT2D eigenvalue weighted by Gasteiger charge is 2.28. The maximum atomic E-state index is 14.3. The van der Waals surface area contributed by atoms with E-state index in [1.54, 1.807) is 0 Å². The van der Waals surface area contributed by atoms with Crippen LogP contribution in [0.2, 0.25) is 0 Å². The monoisotopic (exact) mass is 1140 g/mol. The molecule has 0 spiro atoms. The van der Waals surface area contributed by atoms with Gasteiger partial charge in [0.05, 0.1) is 65.2 Å². The summed E-state index contributed by atoms with van der Waals surface area (Å²) in [5.41, 5.74) is 5.54. The van der Waals surface area contributed by atoms with E-state index in [1.165, 1.54) is 103 Å². The quantitative estimate of drug-likeness (QED) is 0.0212. The van der Waals surface area contributed by atoms with Gasteiger partial charge in [-0.3, -0.25) is 9.13 Å². The Bertz CT molecular complexity index is 2430. The molecule has 0 unspecified atom stereocenters. The topological polar surface area (TPSA) is 108 Å². The zero-order valence-corrected chi connectivity index (χ0v) is 52.7. The Kier molecular flexibility index (Phi) is 31.8. The first-order chi connectivity index (χ1) is 39.1. The van der Waals surface area contributed by atoms with Crippen LogP contribution >= 0.6 is 15.2 Å². The van der Waals surface area contributed by atoms with E-state index in [2.05, 4.69) is 100 Å². The van der Waals surface area contributed by atoms with E-state index in [1.807, 2.05) is 27.7 Å². The molecule has 0 N–H and O–H groups in total. The largest absolute Gasteiger partial charge is 0.490 e. The second-order valence-corrected chi connectivity index (χ2v) is 25.6. The lowest BCUT2D eigenvalue weighted by Gasteiger charge is -2.23. The molecule has 0 radical (unpaired) electrons. The molecule has 0 bridgehead atoms. The number of benzene rings is 5. The Morgan fingerprint density at radius 3 is 0.887 bits per heavy atom. The van der Waals surface area contributed by atoms with Crippen molar-refractivity contribution in [3.8, 4) is 45.3 Å². The molecule has 446 valence electrons. The Labute approximate surface area is 484 Å². The van der Waals surface area contributed by atoms with Crippen LogP contribution < -0.4 is 18.9 Å². The maximum absolute atomic E-state index is 14.3. The van der Waals surface area contributed by atoms with Crippen LogP contribution in [-0.2, 0) is 39.5 Å². The van der Waals surface area contributed by atoms with Gasteiger partial charge in [-0.1, -0.05) is 193 Å². The fourth-order valence-electron chi connectivity index (χ4n) is 10.7. The minimum Gasteiger partial charge on any atom is -0.490 e. The summed E-state index contributed by atoms with van der Waals surface area (Å²) >= 11 is 0. The van der Waals surface area contributed by atoms with Crippen molar-refractivity contribution >= 4 is 36.7 Å². The predicted molar refractivity (Wildman–Crippen MR) is 337 cm³/mol. The van der Waals surface area contributed by atoms with Gasteiger partial charge in [0.1, 0.15) is 0 Å². The van der Waals surface area contributed by atoms with Crippen LogP contribution in [0, 0.1) is 0 Å². The van der Waals surface area contributed by atoms with Crippen LogP contribution in [0.15, 0.2) is 72.8 Å². The minimum absolute atomic E-state index is 0.111. The standard InChI is InChI=1S/C68H104O10P2/c1-9-17-21-25-29-33-45-71-63-43-39-57(51-65(63)73-47-35-31-27-23-19-11-3)67-59-41-37-56(54-80(70,77-15-7)78-16-8)50-62(59)68(60-42-38-55(49-61(60)67)53-79(69,75-13-5)76-14-6)58-40-44-64(72-46-34-30-26-22-18-10-2)66(52-58)74-48-36-32-28-24-20-12-4/h37-44,49-52H,9-36,45-48,53-54H2,1-8H3. The van der Waals surface area contributed by atoms with Crippen molar-refractivity contribution in [2.75, 3.05) is 52.9 Å². The minimum atomic E-state index is -3.49. The van der Waals surface area contributed by atoms with Gasteiger partial charge in [0.25, 0.3) is 0 Å². The Balaban J connectivity index is 1.77. The predicted octanol–water partition coefficient (Wildman–Crippen LogP) is 21.8. The van der Waals surface area contributed by atoms with Crippen LogP contribution in [0.4, 0.5) is 0 Å². The van der Waals surface area contributed by atoms with Crippen molar-refractivity contribution < 1.29 is 46.2 Å². The normalized spacial score (nSPS) is 12.0. The molecule has 0 heterocycles. The summed E-state index contributed by atoms with van der Waals surface area (Å²) in [5, 5.41) is 3.89. The van der Waals surface area contributed by atoms with Crippen LogP contribution in [0.1, 0.15) is 221 Å². The van der Waals surface area contributed by atoms with Gasteiger partial charge < -0.3 is 37.0 Å². The van der Waals surface area contributed by atoms with Gasteiger partial charge in [0.15, 0.2) is 23.0 Å². The zero-order chi connectivity index (χ0) is 57.3. The van der Waals surface area contributed by atoms with Crippen LogP contribution in [0.5, 0.6) is 23.0 Å². The summed E-state index contributed by atoms with van der Waals surface area (Å²) in [6.45, 7) is 19.9. The molecule has 0 saturated carbocycles. The SMILES string of the molecule is CCCCCCCCOc1ccc(-c2c3ccc(CP(=O)(OCC)OCC)cc3c(-c3ccc(OCCCCCCCC)c(OCCCCCCCC)c3)c3ccc(CP(=O)(OCC)OCC)cc23)cc1OCCCCCCCC. The molecule has 80 heavy (non-hydrogen) atoms. The summed E-state index contributed by atoms with van der Waals surface area (Å²) in [5.74, 6) is 2.92. The smallest absolute Gasteiger partial charge is 0.335 e. The molecule has 0 aromatic heterocycles. The number of fused-ring (bicyclic) bond motifs is 2. The van der Waals surface area contributed by atoms with Crippen molar-refractivity contribution in [1.29, 1.82) is 0 Å². The summed E-state index contributed by atoms with van der Waals surface area (Å²) < 4.78 is 79.0. The molecule has 0 aliphatic heterocycles. The molecule has 0 amide bonds. The number of ether oxygens (including phenoxy) is 4. The van der Waals surface area contributed by atoms with Gasteiger partial charge >= 0.3 is 15.2 Å². The molecular weight excluding hydrogens is 1040 g/mol. The lowest BCUT2D eigenvalue weighted by atomic mass is 9.84. The van der Waals surface area contributed by atoms with Gasteiger partial charge in [-0.15, -0.1) is 0 Å². The maximum Gasteiger partial charge on any atom is 0.335 e. The van der Waals surface area contributed by atoms with Crippen molar-refractivity contribution in [3.05, 3.63) is 83.9 Å². The Hall–Kier alpha value is -3.88. The first-order valence-corrected chi connectivity index (χ1v) is 35.1. The fraction of sp³-hybridized carbons (Fsp3) is 0.618. The van der Waals surface area contributed by atoms with E-state index in [9.17, 15) is 9.13 Å². The highest BCUT2D eigenvalue weighted by molar-refractivity contribution is 7.53. The molecule has 0 aliphatic rings. The molecule has 0 saturated heterocycles. The van der Waals surface area contributed by atoms with Crippen molar-refractivity contribution in [2.45, 2.75) is 222 Å². The average molecular weight is 1140 g/mol. The molecule has 5 aromatic rings. The molecule has 10 nitrogen and oxygen atoms in total. The molecule has 5 aromatic carbocycles. The third-order valence-electron chi connectivity index (χ3n) is 14.8. The number of hydrogen-bond donors (Lipinski definition) is 0. The Morgan fingerprint density at radius 2 is 0.588 bits per heavy atom. The van der Waals surface area contributed by atoms with Crippen molar-refractivity contribution in [1.82, 2.24) is 0 Å². The number of hydrogen-bond acceptors (Lipinski definition) is 10. The highest BCUT2D eigenvalue weighted by Crippen LogP contribution is 2.54. The molecule has 5 rings (SSSR count). The molecular formula is C68H104O10P2. The Morgan fingerprint density at radius 1 is 0.300 bits per heavy atom. The lowest BCUT2D eigenvalue weighted by molar-refractivity contribution is 0.218. The summed E-state index contributed by atoms with van der Waals surface area (Å²) in [6.07, 6.45) is 28.3. The summed E-state index contributed by atoms with van der Waals surface area (Å²) in [7, 11) is -6.99. The van der Waals surface area contributed by atoms with Crippen molar-refractivity contribution in [3.63, 3.8) is 0 Å². The van der Waals surface area contributed by atoms with Gasteiger partial charge in [-0.05, 0) is 145 Å². The molecule has 0 fully saturated rings. The van der Waals surface area contributed by atoms with Crippen LogP contribution in [-0.4, -0.2) is 52.9 Å².